The molecule has 4 rings (SSSR count). The maximum atomic E-state index is 12.7. The number of hydrogen-bond acceptors (Lipinski definition) is 7. The fourth-order valence-corrected chi connectivity index (χ4v) is 3.61. The number of aromatic nitrogens is 2. The van der Waals surface area contributed by atoms with Gasteiger partial charge in [-0.3, -0.25) is 10.1 Å². The highest BCUT2D eigenvalue weighted by atomic mass is 16.5. The largest absolute Gasteiger partial charge is 0.490 e. The van der Waals surface area contributed by atoms with E-state index in [0.717, 1.165) is 36.1 Å². The van der Waals surface area contributed by atoms with Crippen LogP contribution in [0, 0.1) is 5.92 Å². The minimum absolute atomic E-state index is 0.238. The second-order valence-corrected chi connectivity index (χ2v) is 7.34. The molecule has 8 heteroatoms. The molecular weight excluding hydrogens is 386 g/mol. The first kappa shape index (κ1) is 20.0. The Kier molecular flexibility index (Phi) is 5.74. The number of hydrogen-bond donors (Lipinski definition) is 1. The Morgan fingerprint density at radius 1 is 1.13 bits per heavy atom. The first-order valence-corrected chi connectivity index (χ1v) is 10.2. The third-order valence-electron chi connectivity index (χ3n) is 5.09. The van der Waals surface area contributed by atoms with Crippen LogP contribution in [0.1, 0.15) is 49.0 Å². The van der Waals surface area contributed by atoms with Crippen LogP contribution in [0.2, 0.25) is 0 Å². The molecule has 0 spiro atoms. The predicted octanol–water partition coefficient (Wildman–Crippen LogP) is 4.50. The summed E-state index contributed by atoms with van der Waals surface area (Å²) in [4.78, 5) is 12.7. The summed E-state index contributed by atoms with van der Waals surface area (Å²) in [7, 11) is 0. The van der Waals surface area contributed by atoms with Crippen LogP contribution in [0.25, 0.3) is 11.3 Å². The van der Waals surface area contributed by atoms with Gasteiger partial charge in [0.1, 0.15) is 11.5 Å². The molecule has 2 aromatic heterocycles. The fourth-order valence-electron chi connectivity index (χ4n) is 3.61. The SMILES string of the molecule is CCOc1ccc(-c2cc(NC(=O)c3noc4c3CC(C)CC4)on2)cc1OCC. The van der Waals surface area contributed by atoms with Gasteiger partial charge < -0.3 is 18.5 Å². The zero-order chi connectivity index (χ0) is 21.1. The molecule has 1 aliphatic carbocycles. The summed E-state index contributed by atoms with van der Waals surface area (Å²) in [5.74, 6) is 2.48. The normalized spacial score (nSPS) is 15.5. The van der Waals surface area contributed by atoms with Gasteiger partial charge >= 0.3 is 0 Å². The highest BCUT2D eigenvalue weighted by molar-refractivity contribution is 6.03. The van der Waals surface area contributed by atoms with Gasteiger partial charge in [-0.2, -0.15) is 0 Å². The Bertz CT molecular complexity index is 1040. The second kappa shape index (κ2) is 8.61. The monoisotopic (exact) mass is 411 g/mol. The van der Waals surface area contributed by atoms with Gasteiger partial charge in [0.15, 0.2) is 17.2 Å². The first-order valence-electron chi connectivity index (χ1n) is 10.2. The van der Waals surface area contributed by atoms with Crippen LogP contribution in [-0.4, -0.2) is 29.4 Å². The molecule has 0 fully saturated rings. The number of benzene rings is 1. The summed E-state index contributed by atoms with van der Waals surface area (Å²) in [6.07, 6.45) is 2.64. The van der Waals surface area contributed by atoms with Gasteiger partial charge in [0.2, 0.25) is 5.88 Å². The van der Waals surface area contributed by atoms with E-state index in [1.165, 1.54) is 0 Å². The van der Waals surface area contributed by atoms with Crippen molar-refractivity contribution in [3.63, 3.8) is 0 Å². The van der Waals surface area contributed by atoms with Crippen LogP contribution in [0.5, 0.6) is 11.5 Å². The Balaban J connectivity index is 1.52. The molecule has 1 aliphatic rings. The zero-order valence-electron chi connectivity index (χ0n) is 17.4. The number of anilines is 1. The van der Waals surface area contributed by atoms with Gasteiger partial charge in [0.25, 0.3) is 5.91 Å². The van der Waals surface area contributed by atoms with Gasteiger partial charge in [-0.15, -0.1) is 0 Å². The molecule has 8 nitrogen and oxygen atoms in total. The predicted molar refractivity (Wildman–Crippen MR) is 110 cm³/mol. The summed E-state index contributed by atoms with van der Waals surface area (Å²) in [6, 6.07) is 7.21. The van der Waals surface area contributed by atoms with E-state index in [0.29, 0.717) is 42.0 Å². The molecule has 1 amide bonds. The lowest BCUT2D eigenvalue weighted by atomic mass is 9.88. The minimum Gasteiger partial charge on any atom is -0.490 e. The standard InChI is InChI=1S/C22H25N3O5/c1-4-27-18-9-7-14(11-19(18)28-5-2)16-12-20(30-24-16)23-22(26)21-15-10-13(3)6-8-17(15)29-25-21/h7,9,11-13H,4-6,8,10H2,1-3H3,(H,23,26). The van der Waals surface area contributed by atoms with E-state index in [1.54, 1.807) is 6.07 Å². The van der Waals surface area contributed by atoms with E-state index in [9.17, 15) is 4.79 Å². The summed E-state index contributed by atoms with van der Waals surface area (Å²) in [5.41, 5.74) is 2.57. The summed E-state index contributed by atoms with van der Waals surface area (Å²) in [5, 5.41) is 10.8. The van der Waals surface area contributed by atoms with E-state index >= 15 is 0 Å². The van der Waals surface area contributed by atoms with E-state index in [1.807, 2.05) is 32.0 Å². The number of ether oxygens (including phenoxy) is 2. The third kappa shape index (κ3) is 4.03. The van der Waals surface area contributed by atoms with Crippen molar-refractivity contribution in [2.75, 3.05) is 18.5 Å². The molecule has 0 saturated heterocycles. The maximum Gasteiger partial charge on any atom is 0.280 e. The van der Waals surface area contributed by atoms with E-state index < -0.39 is 0 Å². The highest BCUT2D eigenvalue weighted by Gasteiger charge is 2.27. The molecule has 1 atom stereocenters. The molecule has 1 aromatic carbocycles. The third-order valence-corrected chi connectivity index (χ3v) is 5.09. The van der Waals surface area contributed by atoms with Gasteiger partial charge in [0, 0.05) is 23.6 Å². The zero-order valence-corrected chi connectivity index (χ0v) is 17.4. The lowest BCUT2D eigenvalue weighted by Crippen LogP contribution is -2.17. The number of amides is 1. The van der Waals surface area contributed by atoms with Crippen molar-refractivity contribution in [1.82, 2.24) is 10.3 Å². The Morgan fingerprint density at radius 3 is 2.73 bits per heavy atom. The van der Waals surface area contributed by atoms with Crippen LogP contribution in [0.4, 0.5) is 5.88 Å². The lowest BCUT2D eigenvalue weighted by Gasteiger charge is -2.16. The molecule has 0 radical (unpaired) electrons. The molecule has 1 unspecified atom stereocenters. The summed E-state index contributed by atoms with van der Waals surface area (Å²) >= 11 is 0. The van der Waals surface area contributed by atoms with Gasteiger partial charge in [-0.1, -0.05) is 17.2 Å². The topological polar surface area (TPSA) is 99.6 Å². The Morgan fingerprint density at radius 2 is 1.93 bits per heavy atom. The molecule has 0 saturated carbocycles. The van der Waals surface area contributed by atoms with Crippen LogP contribution in [-0.2, 0) is 12.8 Å². The number of rotatable bonds is 7. The van der Waals surface area contributed by atoms with Gasteiger partial charge in [-0.05, 0) is 50.8 Å². The molecule has 0 bridgehead atoms. The van der Waals surface area contributed by atoms with Crippen molar-refractivity contribution in [2.45, 2.75) is 40.0 Å². The van der Waals surface area contributed by atoms with Crippen LogP contribution >= 0.6 is 0 Å². The van der Waals surface area contributed by atoms with Crippen molar-refractivity contribution >= 4 is 11.8 Å². The number of fused-ring (bicyclic) bond motifs is 1. The average molecular weight is 411 g/mol. The maximum absolute atomic E-state index is 12.7. The van der Waals surface area contributed by atoms with E-state index in [2.05, 4.69) is 22.6 Å². The summed E-state index contributed by atoms with van der Waals surface area (Å²) in [6.45, 7) is 7.06. The lowest BCUT2D eigenvalue weighted by molar-refractivity contribution is 0.101. The number of aryl methyl sites for hydroxylation is 1. The van der Waals surface area contributed by atoms with Crippen molar-refractivity contribution in [2.24, 2.45) is 5.92 Å². The number of nitrogens with zero attached hydrogens (tertiary/aromatic N) is 2. The van der Waals surface area contributed by atoms with E-state index in [4.69, 9.17) is 18.5 Å². The van der Waals surface area contributed by atoms with Crippen LogP contribution < -0.4 is 14.8 Å². The van der Waals surface area contributed by atoms with Crippen LogP contribution in [0.15, 0.2) is 33.3 Å². The smallest absolute Gasteiger partial charge is 0.280 e. The van der Waals surface area contributed by atoms with Crippen molar-refractivity contribution < 1.29 is 23.3 Å². The Labute approximate surface area is 174 Å². The van der Waals surface area contributed by atoms with Gasteiger partial charge in [-0.25, -0.2) is 0 Å². The quantitative estimate of drug-likeness (QED) is 0.611. The number of carbonyl (C=O) groups excluding carboxylic acids is 1. The Hall–Kier alpha value is -3.29. The molecule has 2 heterocycles. The van der Waals surface area contributed by atoms with Crippen molar-refractivity contribution in [1.29, 1.82) is 0 Å². The molecule has 1 N–H and O–H groups in total. The number of nitrogens with one attached hydrogen (secondary N) is 1. The molecule has 0 aliphatic heterocycles. The fraction of sp³-hybridized carbons (Fsp3) is 0.409. The molecule has 158 valence electrons. The van der Waals surface area contributed by atoms with Crippen molar-refractivity contribution in [3.8, 4) is 22.8 Å². The number of carbonyl (C=O) groups is 1. The summed E-state index contributed by atoms with van der Waals surface area (Å²) < 4.78 is 21.9. The second-order valence-electron chi connectivity index (χ2n) is 7.34. The molecule has 30 heavy (non-hydrogen) atoms. The highest BCUT2D eigenvalue weighted by Crippen LogP contribution is 2.33. The van der Waals surface area contributed by atoms with Crippen molar-refractivity contribution in [3.05, 3.63) is 41.3 Å². The average Bonchev–Trinajstić information content (AvgIpc) is 3.36. The minimum atomic E-state index is -0.363. The van der Waals surface area contributed by atoms with E-state index in [-0.39, 0.29) is 11.8 Å². The van der Waals surface area contributed by atoms with Crippen LogP contribution in [0.3, 0.4) is 0 Å². The molecular formula is C22H25N3O5. The first-order chi connectivity index (χ1) is 14.6. The van der Waals surface area contributed by atoms with Gasteiger partial charge in [0.05, 0.1) is 13.2 Å². The molecule has 3 aromatic rings.